The van der Waals surface area contributed by atoms with Gasteiger partial charge in [0.15, 0.2) is 6.61 Å². The number of hydrogen-bond donors (Lipinski definition) is 3. The van der Waals surface area contributed by atoms with E-state index in [9.17, 15) is 23.6 Å². The second-order valence-corrected chi connectivity index (χ2v) is 5.18. The largest absolute Gasteiger partial charge is 0.454 e. The Labute approximate surface area is 144 Å². The molecule has 0 radical (unpaired) electrons. The number of hydrogen-bond acceptors (Lipinski definition) is 5. The molecular weight excluding hydrogens is 333 g/mol. The molecule has 0 fully saturated rings. The van der Waals surface area contributed by atoms with Gasteiger partial charge in [-0.15, -0.1) is 0 Å². The summed E-state index contributed by atoms with van der Waals surface area (Å²) in [6.45, 7) is 2.52. The van der Waals surface area contributed by atoms with E-state index in [0.29, 0.717) is 6.42 Å². The van der Waals surface area contributed by atoms with Gasteiger partial charge in [-0.05, 0) is 37.6 Å². The monoisotopic (exact) mass is 353 g/mol. The Morgan fingerprint density at radius 2 is 1.80 bits per heavy atom. The Bertz CT molecular complexity index is 633. The molecule has 9 heteroatoms. The summed E-state index contributed by atoms with van der Waals surface area (Å²) in [6, 6.07) is 3.97. The van der Waals surface area contributed by atoms with Crippen molar-refractivity contribution in [1.29, 1.82) is 0 Å². The van der Waals surface area contributed by atoms with Gasteiger partial charge in [0.05, 0.1) is 0 Å². The molecule has 0 bridgehead atoms. The molecule has 0 aliphatic heterocycles. The van der Waals surface area contributed by atoms with Crippen LogP contribution < -0.4 is 16.0 Å². The highest BCUT2D eigenvalue weighted by atomic mass is 19.1. The third-order valence-electron chi connectivity index (χ3n) is 3.11. The van der Waals surface area contributed by atoms with Gasteiger partial charge in [0.25, 0.3) is 11.8 Å². The summed E-state index contributed by atoms with van der Waals surface area (Å²) < 4.78 is 17.4. The van der Waals surface area contributed by atoms with Crippen LogP contribution in [0.2, 0.25) is 0 Å². The molecule has 0 saturated carbocycles. The zero-order chi connectivity index (χ0) is 18.8. The molecule has 3 N–H and O–H groups in total. The number of rotatable bonds is 7. The van der Waals surface area contributed by atoms with Crippen molar-refractivity contribution in [3.63, 3.8) is 0 Å². The molecule has 1 aromatic carbocycles. The van der Waals surface area contributed by atoms with E-state index in [0.717, 1.165) is 12.1 Å². The lowest BCUT2D eigenvalue weighted by Crippen LogP contribution is -2.45. The molecule has 8 nitrogen and oxygen atoms in total. The first-order chi connectivity index (χ1) is 11.8. The number of benzene rings is 1. The molecule has 0 spiro atoms. The first-order valence-corrected chi connectivity index (χ1v) is 7.61. The van der Waals surface area contributed by atoms with Crippen LogP contribution in [0.25, 0.3) is 0 Å². The lowest BCUT2D eigenvalue weighted by molar-refractivity contribution is -0.147. The zero-order valence-corrected chi connectivity index (χ0v) is 13.9. The highest BCUT2D eigenvalue weighted by Gasteiger charge is 2.13. The summed E-state index contributed by atoms with van der Waals surface area (Å²) >= 11 is 0. The maximum absolute atomic E-state index is 12.7. The maximum atomic E-state index is 12.7. The van der Waals surface area contributed by atoms with Gasteiger partial charge in [0, 0.05) is 11.6 Å². The number of carbonyl (C=O) groups excluding carboxylic acids is 4. The van der Waals surface area contributed by atoms with Crippen molar-refractivity contribution >= 4 is 23.8 Å². The Kier molecular flexibility index (Phi) is 8.04. The van der Waals surface area contributed by atoms with Crippen molar-refractivity contribution in [3.8, 4) is 0 Å². The van der Waals surface area contributed by atoms with Crippen LogP contribution in [0.4, 0.5) is 9.18 Å². The molecule has 0 unspecified atom stereocenters. The first-order valence-electron chi connectivity index (χ1n) is 7.61. The highest BCUT2D eigenvalue weighted by Crippen LogP contribution is 2.02. The molecule has 0 aromatic heterocycles. The van der Waals surface area contributed by atoms with Crippen LogP contribution in [0.1, 0.15) is 30.6 Å². The van der Waals surface area contributed by atoms with Gasteiger partial charge < -0.3 is 15.4 Å². The van der Waals surface area contributed by atoms with Crippen molar-refractivity contribution in [2.75, 3.05) is 13.2 Å². The van der Waals surface area contributed by atoms with E-state index in [1.54, 1.807) is 6.92 Å². The third-order valence-corrected chi connectivity index (χ3v) is 3.11. The van der Waals surface area contributed by atoms with Gasteiger partial charge >= 0.3 is 12.0 Å². The number of esters is 1. The van der Waals surface area contributed by atoms with Crippen molar-refractivity contribution in [2.45, 2.75) is 26.3 Å². The van der Waals surface area contributed by atoms with Crippen molar-refractivity contribution in [3.05, 3.63) is 35.6 Å². The van der Waals surface area contributed by atoms with Gasteiger partial charge in [-0.3, -0.25) is 19.7 Å². The molecule has 0 aliphatic rings. The predicted octanol–water partition coefficient (Wildman–Crippen LogP) is 0.723. The minimum absolute atomic E-state index is 0.1000. The predicted molar refractivity (Wildman–Crippen MR) is 86.1 cm³/mol. The van der Waals surface area contributed by atoms with Crippen molar-refractivity contribution in [2.24, 2.45) is 0 Å². The minimum atomic E-state index is -0.854. The van der Waals surface area contributed by atoms with Crippen LogP contribution in [-0.2, 0) is 14.3 Å². The number of carbonyl (C=O) groups is 4. The van der Waals surface area contributed by atoms with Crippen LogP contribution in [-0.4, -0.2) is 43.0 Å². The van der Waals surface area contributed by atoms with E-state index in [4.69, 9.17) is 0 Å². The molecule has 0 aliphatic carbocycles. The average molecular weight is 353 g/mol. The summed E-state index contributed by atoms with van der Waals surface area (Å²) in [7, 11) is 0. The van der Waals surface area contributed by atoms with E-state index < -0.39 is 42.8 Å². The van der Waals surface area contributed by atoms with Crippen LogP contribution in [0.15, 0.2) is 24.3 Å². The summed E-state index contributed by atoms with van der Waals surface area (Å²) in [4.78, 5) is 46.0. The number of amides is 4. The Balaban J connectivity index is 2.28. The lowest BCUT2D eigenvalue weighted by Gasteiger charge is -2.11. The first kappa shape index (κ1) is 20.1. The summed E-state index contributed by atoms with van der Waals surface area (Å²) in [6.07, 6.45) is 0.699. The Morgan fingerprint density at radius 1 is 1.16 bits per heavy atom. The number of imide groups is 1. The van der Waals surface area contributed by atoms with Gasteiger partial charge in [0.2, 0.25) is 0 Å². The van der Waals surface area contributed by atoms with Gasteiger partial charge in [0.1, 0.15) is 12.4 Å². The fraction of sp³-hybridized carbons (Fsp3) is 0.375. The van der Waals surface area contributed by atoms with E-state index in [1.165, 1.54) is 12.1 Å². The van der Waals surface area contributed by atoms with Crippen LogP contribution in [0.3, 0.4) is 0 Å². The van der Waals surface area contributed by atoms with Crippen LogP contribution in [0.5, 0.6) is 0 Å². The number of urea groups is 1. The number of ether oxygens (including phenoxy) is 1. The highest BCUT2D eigenvalue weighted by molar-refractivity contribution is 5.97. The Hall–Kier alpha value is -2.97. The maximum Gasteiger partial charge on any atom is 0.325 e. The molecule has 1 rings (SSSR count). The summed E-state index contributed by atoms with van der Waals surface area (Å²) in [5, 5.41) is 6.79. The molecule has 25 heavy (non-hydrogen) atoms. The lowest BCUT2D eigenvalue weighted by atomic mass is 10.2. The summed E-state index contributed by atoms with van der Waals surface area (Å²) in [5.74, 6) is -2.72. The normalized spacial score (nSPS) is 11.2. The van der Waals surface area contributed by atoms with Gasteiger partial charge in [-0.2, -0.15) is 0 Å². The molecule has 136 valence electrons. The van der Waals surface area contributed by atoms with Gasteiger partial charge in [-0.25, -0.2) is 9.18 Å². The fourth-order valence-electron chi connectivity index (χ4n) is 1.58. The molecule has 0 heterocycles. The minimum Gasteiger partial charge on any atom is -0.454 e. The topological polar surface area (TPSA) is 114 Å². The molecule has 4 amide bonds. The van der Waals surface area contributed by atoms with E-state index >= 15 is 0 Å². The second-order valence-electron chi connectivity index (χ2n) is 5.18. The van der Waals surface area contributed by atoms with Crippen LogP contribution in [0, 0.1) is 5.82 Å². The average Bonchev–Trinajstić information content (AvgIpc) is 2.58. The number of halogens is 1. The molecule has 1 aromatic rings. The Morgan fingerprint density at radius 3 is 2.40 bits per heavy atom. The standard InChI is InChI=1S/C16H20FN3O5/c1-3-10(2)19-16(24)20-13(21)9-25-14(22)8-18-15(23)11-4-6-12(17)7-5-11/h4-7,10H,3,8-9H2,1-2H3,(H,18,23)(H2,19,20,21,24)/t10-/m1/s1. The molecule has 0 saturated heterocycles. The summed E-state index contributed by atoms with van der Waals surface area (Å²) in [5.41, 5.74) is 0.175. The number of nitrogens with one attached hydrogen (secondary N) is 3. The smallest absolute Gasteiger partial charge is 0.325 e. The van der Waals surface area contributed by atoms with Crippen LogP contribution >= 0.6 is 0 Å². The van der Waals surface area contributed by atoms with E-state index in [2.05, 4.69) is 15.4 Å². The fourth-order valence-corrected chi connectivity index (χ4v) is 1.58. The molecular formula is C16H20FN3O5. The molecule has 1 atom stereocenters. The third kappa shape index (κ3) is 7.91. The second kappa shape index (κ2) is 10.0. The van der Waals surface area contributed by atoms with Crippen molar-refractivity contribution in [1.82, 2.24) is 16.0 Å². The quantitative estimate of drug-likeness (QED) is 0.625. The van der Waals surface area contributed by atoms with Crippen molar-refractivity contribution < 1.29 is 28.3 Å². The van der Waals surface area contributed by atoms with Gasteiger partial charge in [-0.1, -0.05) is 6.92 Å². The van der Waals surface area contributed by atoms with E-state index in [1.807, 2.05) is 12.2 Å². The zero-order valence-electron chi connectivity index (χ0n) is 13.9. The SMILES string of the molecule is CC[C@@H](C)NC(=O)NC(=O)COC(=O)CNC(=O)c1ccc(F)cc1. The van der Waals surface area contributed by atoms with E-state index in [-0.39, 0.29) is 11.6 Å².